The van der Waals surface area contributed by atoms with Gasteiger partial charge in [-0.2, -0.15) is 0 Å². The average molecular weight is 509 g/mol. The second-order valence-electron chi connectivity index (χ2n) is 10.7. The molecule has 0 bridgehead atoms. The lowest BCUT2D eigenvalue weighted by atomic mass is 9.94. The van der Waals surface area contributed by atoms with E-state index < -0.39 is 6.36 Å². The van der Waals surface area contributed by atoms with Crippen LogP contribution in [0.1, 0.15) is 89.0 Å². The summed E-state index contributed by atoms with van der Waals surface area (Å²) in [5.41, 5.74) is 0.443. The van der Waals surface area contributed by atoms with Gasteiger partial charge in [-0.3, -0.25) is 9.59 Å². The zero-order valence-electron chi connectivity index (χ0n) is 21.1. The van der Waals surface area contributed by atoms with Gasteiger partial charge in [0.2, 0.25) is 11.8 Å². The number of likely N-dealkylation sites (tertiary alicyclic amines) is 2. The van der Waals surface area contributed by atoms with Gasteiger partial charge in [0.05, 0.1) is 0 Å². The fourth-order valence-corrected chi connectivity index (χ4v) is 6.32. The maximum atomic E-state index is 12.7. The quantitative estimate of drug-likeness (QED) is 0.472. The monoisotopic (exact) mass is 508 g/mol. The van der Waals surface area contributed by atoms with Gasteiger partial charge in [0.15, 0.2) is 0 Å². The minimum Gasteiger partial charge on any atom is -0.406 e. The third-order valence-electron chi connectivity index (χ3n) is 8.16. The first-order valence-electron chi connectivity index (χ1n) is 13.8. The van der Waals surface area contributed by atoms with Crippen LogP contribution in [-0.2, 0) is 16.0 Å². The van der Waals surface area contributed by atoms with Gasteiger partial charge in [0, 0.05) is 37.5 Å². The van der Waals surface area contributed by atoms with E-state index in [0.29, 0.717) is 36.4 Å². The van der Waals surface area contributed by atoms with Crippen LogP contribution in [0.2, 0.25) is 0 Å². The van der Waals surface area contributed by atoms with Crippen molar-refractivity contribution in [3.63, 3.8) is 0 Å². The molecule has 0 aromatic heterocycles. The molecule has 2 aliphatic heterocycles. The lowest BCUT2D eigenvalue weighted by Crippen LogP contribution is -2.39. The van der Waals surface area contributed by atoms with Crippen LogP contribution in [0.5, 0.6) is 5.75 Å². The Labute approximate surface area is 212 Å². The van der Waals surface area contributed by atoms with Gasteiger partial charge in [-0.25, -0.2) is 0 Å². The van der Waals surface area contributed by atoms with Gasteiger partial charge < -0.3 is 14.5 Å². The molecule has 0 N–H and O–H groups in total. The SMILES string of the molecule is O=C1C(Cc2ccccc2OC(F)(F)F)CCN1C1CCCCC1.O=C1CCCN1C1CCCCC1. The second kappa shape index (κ2) is 12.3. The van der Waals surface area contributed by atoms with Crippen LogP contribution in [0.4, 0.5) is 13.2 Å². The van der Waals surface area contributed by atoms with Crippen molar-refractivity contribution in [3.05, 3.63) is 29.8 Å². The number of alkyl halides is 3. The van der Waals surface area contributed by atoms with Crippen LogP contribution in [0, 0.1) is 5.92 Å². The van der Waals surface area contributed by atoms with Crippen LogP contribution in [0.3, 0.4) is 0 Å². The number of amides is 2. The number of halogens is 3. The number of carbonyl (C=O) groups is 2. The Balaban J connectivity index is 0.000000211. The van der Waals surface area contributed by atoms with E-state index in [-0.39, 0.29) is 17.6 Å². The van der Waals surface area contributed by atoms with Gasteiger partial charge in [0.1, 0.15) is 5.75 Å². The first-order valence-corrected chi connectivity index (χ1v) is 13.8. The number of ether oxygens (including phenoxy) is 1. The molecule has 2 aliphatic carbocycles. The molecule has 1 aromatic rings. The topological polar surface area (TPSA) is 49.9 Å². The summed E-state index contributed by atoms with van der Waals surface area (Å²) >= 11 is 0. The molecule has 8 heteroatoms. The minimum absolute atomic E-state index is 0.0868. The van der Waals surface area contributed by atoms with Crippen LogP contribution in [0.15, 0.2) is 24.3 Å². The van der Waals surface area contributed by atoms with Crippen molar-refractivity contribution in [2.45, 2.75) is 108 Å². The van der Waals surface area contributed by atoms with E-state index in [1.165, 1.54) is 50.7 Å². The van der Waals surface area contributed by atoms with Gasteiger partial charge in [-0.05, 0) is 56.6 Å². The molecule has 0 radical (unpaired) electrons. The van der Waals surface area contributed by atoms with Gasteiger partial charge in [-0.1, -0.05) is 56.7 Å². The van der Waals surface area contributed by atoms with Crippen molar-refractivity contribution < 1.29 is 27.5 Å². The van der Waals surface area contributed by atoms with Crippen LogP contribution in [-0.4, -0.2) is 53.1 Å². The van der Waals surface area contributed by atoms with E-state index in [9.17, 15) is 22.8 Å². The lowest BCUT2D eigenvalue weighted by Gasteiger charge is -2.31. The smallest absolute Gasteiger partial charge is 0.406 e. The van der Waals surface area contributed by atoms with E-state index in [4.69, 9.17) is 0 Å². The Kier molecular flexibility index (Phi) is 9.18. The molecule has 2 heterocycles. The minimum atomic E-state index is -4.72. The predicted octanol–water partition coefficient (Wildman–Crippen LogP) is 6.25. The highest BCUT2D eigenvalue weighted by Crippen LogP contribution is 2.33. The summed E-state index contributed by atoms with van der Waals surface area (Å²) in [4.78, 5) is 28.1. The Morgan fingerprint density at radius 1 is 0.778 bits per heavy atom. The fourth-order valence-electron chi connectivity index (χ4n) is 6.32. The van der Waals surface area contributed by atoms with Crippen LogP contribution >= 0.6 is 0 Å². The summed E-state index contributed by atoms with van der Waals surface area (Å²) in [7, 11) is 0. The van der Waals surface area contributed by atoms with E-state index in [1.807, 2.05) is 4.90 Å². The molecule has 5 nitrogen and oxygen atoms in total. The molecule has 2 saturated heterocycles. The van der Waals surface area contributed by atoms with Gasteiger partial charge in [-0.15, -0.1) is 13.2 Å². The Morgan fingerprint density at radius 2 is 1.39 bits per heavy atom. The predicted molar refractivity (Wildman–Crippen MR) is 131 cm³/mol. The lowest BCUT2D eigenvalue weighted by molar-refractivity contribution is -0.274. The summed E-state index contributed by atoms with van der Waals surface area (Å²) in [6, 6.07) is 7.03. The number of hydrogen-bond donors (Lipinski definition) is 0. The zero-order chi connectivity index (χ0) is 25.5. The highest BCUT2D eigenvalue weighted by atomic mass is 19.4. The second-order valence-corrected chi connectivity index (χ2v) is 10.7. The summed E-state index contributed by atoms with van der Waals surface area (Å²) in [6.45, 7) is 1.75. The molecule has 1 unspecified atom stereocenters. The molecule has 1 aromatic carbocycles. The summed E-state index contributed by atoms with van der Waals surface area (Å²) < 4.78 is 41.7. The van der Waals surface area contributed by atoms with Crippen molar-refractivity contribution in [2.75, 3.05) is 13.1 Å². The molecule has 200 valence electrons. The molecule has 36 heavy (non-hydrogen) atoms. The fraction of sp³-hybridized carbons (Fsp3) is 0.714. The van der Waals surface area contributed by atoms with Gasteiger partial charge in [0.25, 0.3) is 0 Å². The number of carbonyl (C=O) groups excluding carboxylic acids is 2. The molecular weight excluding hydrogens is 469 g/mol. The highest BCUT2D eigenvalue weighted by Gasteiger charge is 2.37. The summed E-state index contributed by atoms with van der Waals surface area (Å²) in [5, 5.41) is 0. The van der Waals surface area contributed by atoms with Crippen LogP contribution in [0.25, 0.3) is 0 Å². The zero-order valence-corrected chi connectivity index (χ0v) is 21.1. The molecule has 1 atom stereocenters. The molecule has 5 rings (SSSR count). The number of nitrogens with zero attached hydrogens (tertiary/aromatic N) is 2. The van der Waals surface area contributed by atoms with E-state index in [1.54, 1.807) is 12.1 Å². The number of hydrogen-bond acceptors (Lipinski definition) is 3. The summed E-state index contributed by atoms with van der Waals surface area (Å²) in [5.74, 6) is 0.0458. The average Bonchev–Trinajstić information content (AvgIpc) is 3.46. The first kappa shape index (κ1) is 26.8. The largest absolute Gasteiger partial charge is 0.573 e. The van der Waals surface area contributed by atoms with Crippen molar-refractivity contribution in [3.8, 4) is 5.75 Å². The van der Waals surface area contributed by atoms with Crippen molar-refractivity contribution in [1.29, 1.82) is 0 Å². The van der Waals surface area contributed by atoms with E-state index in [2.05, 4.69) is 9.64 Å². The number of benzene rings is 1. The highest BCUT2D eigenvalue weighted by molar-refractivity contribution is 5.81. The Bertz CT molecular complexity index is 879. The number of rotatable bonds is 5. The third kappa shape index (κ3) is 7.16. The normalized spacial score (nSPS) is 24.1. The Hall–Kier alpha value is -2.25. The number of para-hydroxylation sites is 1. The molecule has 0 spiro atoms. The first-order chi connectivity index (χ1) is 17.3. The molecule has 2 saturated carbocycles. The van der Waals surface area contributed by atoms with Crippen molar-refractivity contribution >= 4 is 11.8 Å². The molecule has 4 fully saturated rings. The van der Waals surface area contributed by atoms with Crippen LogP contribution < -0.4 is 4.74 Å². The molecular formula is C28H39F3N2O3. The molecule has 2 amide bonds. The van der Waals surface area contributed by atoms with Crippen molar-refractivity contribution in [1.82, 2.24) is 9.80 Å². The Morgan fingerprint density at radius 3 is 1.97 bits per heavy atom. The summed E-state index contributed by atoms with van der Waals surface area (Å²) in [6.07, 6.45) is 10.4. The van der Waals surface area contributed by atoms with Gasteiger partial charge >= 0.3 is 6.36 Å². The third-order valence-corrected chi connectivity index (χ3v) is 8.16. The maximum Gasteiger partial charge on any atom is 0.573 e. The van der Waals surface area contributed by atoms with E-state index in [0.717, 1.165) is 51.6 Å². The maximum absolute atomic E-state index is 12.7. The van der Waals surface area contributed by atoms with Crippen molar-refractivity contribution in [2.24, 2.45) is 5.92 Å². The standard InChI is InChI=1S/C18H22F3NO2.C10H17NO/c19-18(20,21)24-16-9-5-4-6-13(16)12-14-10-11-22(17(14)23)15-7-2-1-3-8-15;12-10-7-4-8-11(10)9-5-2-1-3-6-9/h4-6,9,14-15H,1-3,7-8,10-12H2;9H,1-8H2. The van der Waals surface area contributed by atoms with E-state index >= 15 is 0 Å². The molecule has 4 aliphatic rings.